The summed E-state index contributed by atoms with van der Waals surface area (Å²) in [5.41, 5.74) is 10.4. The number of fused-ring (bicyclic) bond motifs is 2. The van der Waals surface area contributed by atoms with Crippen LogP contribution in [0.5, 0.6) is 0 Å². The molecule has 1 atom stereocenters. The first-order chi connectivity index (χ1) is 15.5. The molecule has 0 fully saturated rings. The number of nitrogens with one attached hydrogen (secondary N) is 2. The number of rotatable bonds is 6. The van der Waals surface area contributed by atoms with E-state index in [2.05, 4.69) is 30.7 Å². The Morgan fingerprint density at radius 1 is 1.25 bits per heavy atom. The van der Waals surface area contributed by atoms with Gasteiger partial charge in [-0.25, -0.2) is 4.52 Å². The van der Waals surface area contributed by atoms with Crippen LogP contribution in [0, 0.1) is 0 Å². The van der Waals surface area contributed by atoms with Crippen molar-refractivity contribution in [1.29, 1.82) is 0 Å². The first kappa shape index (κ1) is 19.7. The first-order valence-electron chi connectivity index (χ1n) is 10.4. The first-order valence-corrected chi connectivity index (χ1v) is 10.4. The second-order valence-corrected chi connectivity index (χ2v) is 7.83. The molecule has 0 aliphatic carbocycles. The van der Waals surface area contributed by atoms with Gasteiger partial charge in [-0.15, -0.1) is 5.10 Å². The van der Waals surface area contributed by atoms with Crippen molar-refractivity contribution in [2.45, 2.75) is 32.9 Å². The van der Waals surface area contributed by atoms with Crippen LogP contribution in [0.25, 0.3) is 27.7 Å². The molecule has 0 bridgehead atoms. The minimum atomic E-state index is -0.227. The van der Waals surface area contributed by atoms with Gasteiger partial charge in [-0.05, 0) is 36.6 Å². The summed E-state index contributed by atoms with van der Waals surface area (Å²) in [6.07, 6.45) is 6.34. The number of amides is 1. The highest BCUT2D eigenvalue weighted by Crippen LogP contribution is 2.24. The maximum atomic E-state index is 12.9. The fraction of sp³-hybridized carbons (Fsp3) is 0.227. The van der Waals surface area contributed by atoms with Gasteiger partial charge in [0, 0.05) is 23.2 Å². The van der Waals surface area contributed by atoms with Crippen molar-refractivity contribution in [2.75, 3.05) is 5.73 Å². The molecule has 32 heavy (non-hydrogen) atoms. The number of nitrogens with zero attached hydrogens (tertiary/aromatic N) is 6. The van der Waals surface area contributed by atoms with E-state index in [0.29, 0.717) is 17.9 Å². The number of nitrogen functional groups attached to an aromatic ring is 1. The van der Waals surface area contributed by atoms with E-state index in [4.69, 9.17) is 5.73 Å². The lowest BCUT2D eigenvalue weighted by atomic mass is 10.1. The molecule has 0 spiro atoms. The molecule has 5 aromatic rings. The van der Waals surface area contributed by atoms with Gasteiger partial charge in [0.15, 0.2) is 5.65 Å². The fourth-order valence-electron chi connectivity index (χ4n) is 3.66. The fourth-order valence-corrected chi connectivity index (χ4v) is 3.66. The number of para-hydroxylation sites is 1. The summed E-state index contributed by atoms with van der Waals surface area (Å²) in [5, 5.41) is 19.9. The highest BCUT2D eigenvalue weighted by Gasteiger charge is 2.18. The van der Waals surface area contributed by atoms with Crippen molar-refractivity contribution in [1.82, 2.24) is 39.9 Å². The van der Waals surface area contributed by atoms with E-state index in [1.54, 1.807) is 18.5 Å². The minimum absolute atomic E-state index is 0.0371. The Morgan fingerprint density at radius 3 is 2.97 bits per heavy atom. The number of nitrogens with two attached hydrogens (primary N) is 1. The van der Waals surface area contributed by atoms with Gasteiger partial charge in [0.2, 0.25) is 5.95 Å². The average molecular weight is 429 g/mol. The molecule has 5 rings (SSSR count). The lowest BCUT2D eigenvalue weighted by molar-refractivity contribution is 0.0932. The predicted octanol–water partition coefficient (Wildman–Crippen LogP) is 2.63. The van der Waals surface area contributed by atoms with E-state index < -0.39 is 0 Å². The molecule has 162 valence electrons. The Hall–Kier alpha value is -4.21. The normalized spacial score (nSPS) is 12.4. The number of H-pyrrole nitrogens is 1. The van der Waals surface area contributed by atoms with Crippen LogP contribution in [-0.2, 0) is 6.54 Å². The highest BCUT2D eigenvalue weighted by molar-refractivity contribution is 5.95. The molecule has 1 aromatic carbocycles. The molecule has 10 nitrogen and oxygen atoms in total. The molecule has 0 aliphatic rings. The third-order valence-corrected chi connectivity index (χ3v) is 5.54. The summed E-state index contributed by atoms with van der Waals surface area (Å²) in [7, 11) is 0. The molecular weight excluding hydrogens is 406 g/mol. The van der Waals surface area contributed by atoms with Crippen molar-refractivity contribution in [3.63, 3.8) is 0 Å². The Kier molecular flexibility index (Phi) is 4.81. The predicted molar refractivity (Wildman–Crippen MR) is 121 cm³/mol. The zero-order valence-corrected chi connectivity index (χ0v) is 17.8. The molecule has 1 amide bonds. The van der Waals surface area contributed by atoms with E-state index in [1.807, 2.05) is 49.0 Å². The van der Waals surface area contributed by atoms with Gasteiger partial charge in [0.05, 0.1) is 24.5 Å². The second-order valence-electron chi connectivity index (χ2n) is 7.83. The second kappa shape index (κ2) is 7.80. The number of anilines is 1. The van der Waals surface area contributed by atoms with Gasteiger partial charge in [-0.1, -0.05) is 25.1 Å². The maximum absolute atomic E-state index is 12.9. The Morgan fingerprint density at radius 2 is 2.12 bits per heavy atom. The number of hydrogen-bond acceptors (Lipinski definition) is 6. The van der Waals surface area contributed by atoms with Gasteiger partial charge in [0.25, 0.3) is 5.91 Å². The number of benzene rings is 1. The van der Waals surface area contributed by atoms with Gasteiger partial charge in [-0.3, -0.25) is 14.6 Å². The molecule has 1 unspecified atom stereocenters. The smallest absolute Gasteiger partial charge is 0.270 e. The molecule has 10 heteroatoms. The van der Waals surface area contributed by atoms with Crippen molar-refractivity contribution in [2.24, 2.45) is 0 Å². The molecule has 0 radical (unpaired) electrons. The van der Waals surface area contributed by atoms with E-state index in [-0.39, 0.29) is 17.9 Å². The van der Waals surface area contributed by atoms with Crippen LogP contribution in [0.1, 0.15) is 36.3 Å². The molecule has 4 heterocycles. The number of carbonyl (C=O) groups excluding carboxylic acids is 1. The van der Waals surface area contributed by atoms with Crippen LogP contribution in [0.2, 0.25) is 0 Å². The van der Waals surface area contributed by atoms with E-state index in [0.717, 1.165) is 34.0 Å². The molecule has 0 aliphatic heterocycles. The standard InChI is InChI=1S/C22H23N9O/c1-3-13(2)26-21(32)18-7-16(8-19-27-22(23)29-31(18)19)17-10-25-30(12-17)11-15-6-4-5-14-9-24-28-20(14)15/h4-10,12-13H,3,11H2,1-2H3,(H2,23,29)(H,24,28)(H,26,32). The van der Waals surface area contributed by atoms with Crippen LogP contribution < -0.4 is 11.1 Å². The summed E-state index contributed by atoms with van der Waals surface area (Å²) < 4.78 is 3.33. The maximum Gasteiger partial charge on any atom is 0.270 e. The van der Waals surface area contributed by atoms with Crippen molar-refractivity contribution < 1.29 is 4.79 Å². The topological polar surface area (TPSA) is 132 Å². The number of pyridine rings is 1. The summed E-state index contributed by atoms with van der Waals surface area (Å²) >= 11 is 0. The van der Waals surface area contributed by atoms with Crippen molar-refractivity contribution in [3.8, 4) is 11.1 Å². The van der Waals surface area contributed by atoms with Crippen LogP contribution in [0.15, 0.2) is 48.9 Å². The number of aromatic nitrogens is 7. The van der Waals surface area contributed by atoms with Gasteiger partial charge >= 0.3 is 0 Å². The van der Waals surface area contributed by atoms with Crippen molar-refractivity contribution >= 4 is 28.4 Å². The number of hydrogen-bond donors (Lipinski definition) is 3. The van der Waals surface area contributed by atoms with E-state index >= 15 is 0 Å². The lowest BCUT2D eigenvalue weighted by Gasteiger charge is -2.12. The van der Waals surface area contributed by atoms with Crippen LogP contribution >= 0.6 is 0 Å². The van der Waals surface area contributed by atoms with Crippen LogP contribution in [-0.4, -0.2) is 46.5 Å². The number of carbonyl (C=O) groups is 1. The SMILES string of the molecule is CCC(C)NC(=O)c1cc(-c2cnn(Cc3cccc4cn[nH]c34)c2)cc2nc(N)nn12. The van der Waals surface area contributed by atoms with E-state index in [1.165, 1.54) is 4.52 Å². The number of aromatic amines is 1. The minimum Gasteiger partial charge on any atom is -0.366 e. The lowest BCUT2D eigenvalue weighted by Crippen LogP contribution is -2.33. The molecule has 4 aromatic heterocycles. The van der Waals surface area contributed by atoms with Crippen LogP contribution in [0.3, 0.4) is 0 Å². The summed E-state index contributed by atoms with van der Waals surface area (Å²) in [6.45, 7) is 4.56. The molecule has 0 saturated carbocycles. The third kappa shape index (κ3) is 3.55. The Bertz CT molecular complexity index is 1430. The molecule has 4 N–H and O–H groups in total. The van der Waals surface area contributed by atoms with Crippen molar-refractivity contribution in [3.05, 3.63) is 60.2 Å². The molecule has 0 saturated heterocycles. The quantitative estimate of drug-likeness (QED) is 0.380. The largest absolute Gasteiger partial charge is 0.366 e. The monoisotopic (exact) mass is 429 g/mol. The van der Waals surface area contributed by atoms with Gasteiger partial charge in [-0.2, -0.15) is 15.2 Å². The van der Waals surface area contributed by atoms with Gasteiger partial charge < -0.3 is 11.1 Å². The summed E-state index contributed by atoms with van der Waals surface area (Å²) in [5.74, 6) is -0.113. The zero-order chi connectivity index (χ0) is 22.2. The zero-order valence-electron chi connectivity index (χ0n) is 17.8. The Balaban J connectivity index is 1.50. The summed E-state index contributed by atoms with van der Waals surface area (Å²) in [6, 6.07) is 9.74. The average Bonchev–Trinajstić information content (AvgIpc) is 3.51. The Labute approximate surface area is 183 Å². The van der Waals surface area contributed by atoms with Gasteiger partial charge in [0.1, 0.15) is 5.69 Å². The highest BCUT2D eigenvalue weighted by atomic mass is 16.2. The van der Waals surface area contributed by atoms with Crippen LogP contribution in [0.4, 0.5) is 5.95 Å². The molecular formula is C22H23N9O. The third-order valence-electron chi connectivity index (χ3n) is 5.54. The van der Waals surface area contributed by atoms with E-state index in [9.17, 15) is 4.79 Å². The summed E-state index contributed by atoms with van der Waals surface area (Å²) in [4.78, 5) is 17.2.